The van der Waals surface area contributed by atoms with Crippen LogP contribution in [0.4, 0.5) is 0 Å². The van der Waals surface area contributed by atoms with Gasteiger partial charge in [-0.1, -0.05) is 31.9 Å². The van der Waals surface area contributed by atoms with Gasteiger partial charge in [0.25, 0.3) is 0 Å². The van der Waals surface area contributed by atoms with Crippen LogP contribution in [0.1, 0.15) is 38.4 Å². The van der Waals surface area contributed by atoms with Gasteiger partial charge >= 0.3 is 0 Å². The van der Waals surface area contributed by atoms with Crippen LogP contribution in [0.2, 0.25) is 0 Å². The van der Waals surface area contributed by atoms with Gasteiger partial charge < -0.3 is 9.88 Å². The van der Waals surface area contributed by atoms with Crippen molar-refractivity contribution in [2.24, 2.45) is 5.92 Å². The highest BCUT2D eigenvalue weighted by molar-refractivity contribution is 5.75. The fraction of sp³-hybridized carbons (Fsp3) is 0.588. The lowest BCUT2D eigenvalue weighted by molar-refractivity contribution is 0.471. The second-order valence-electron chi connectivity index (χ2n) is 6.04. The first-order chi connectivity index (χ1) is 9.81. The Labute approximate surface area is 121 Å². The largest absolute Gasteiger partial charge is 0.328 e. The molecular formula is C17H25N3. The molecule has 1 N–H and O–H groups in total. The lowest BCUT2D eigenvalue weighted by atomic mass is 10.1. The van der Waals surface area contributed by atoms with E-state index in [2.05, 4.69) is 48.1 Å². The molecule has 0 aliphatic heterocycles. The average Bonchev–Trinajstić information content (AvgIpc) is 3.22. The minimum absolute atomic E-state index is 0.565. The first kappa shape index (κ1) is 13.6. The molecule has 2 aromatic rings. The molecule has 108 valence electrons. The Morgan fingerprint density at radius 2 is 2.15 bits per heavy atom. The molecule has 0 radical (unpaired) electrons. The molecule has 1 aromatic carbocycles. The molecular weight excluding hydrogens is 246 g/mol. The summed E-state index contributed by atoms with van der Waals surface area (Å²) in [7, 11) is 2.08. The van der Waals surface area contributed by atoms with Crippen molar-refractivity contribution in [1.29, 1.82) is 0 Å². The monoisotopic (exact) mass is 271 g/mol. The summed E-state index contributed by atoms with van der Waals surface area (Å²) in [5.74, 6) is 2.20. The molecule has 1 heterocycles. The molecule has 1 saturated carbocycles. The van der Waals surface area contributed by atoms with Gasteiger partial charge in [-0.2, -0.15) is 0 Å². The SMILES string of the molecule is CCCn1c(CC(CC2CC2)NC)nc2ccccc21. The number of hydrogen-bond donors (Lipinski definition) is 1. The number of para-hydroxylation sites is 2. The molecule has 1 unspecified atom stereocenters. The van der Waals surface area contributed by atoms with Gasteiger partial charge in [0, 0.05) is 19.0 Å². The van der Waals surface area contributed by atoms with E-state index in [1.807, 2.05) is 0 Å². The maximum absolute atomic E-state index is 4.87. The summed E-state index contributed by atoms with van der Waals surface area (Å²) in [5.41, 5.74) is 2.42. The van der Waals surface area contributed by atoms with Crippen molar-refractivity contribution in [1.82, 2.24) is 14.9 Å². The number of rotatable bonds is 7. The minimum atomic E-state index is 0.565. The Balaban J connectivity index is 1.86. The van der Waals surface area contributed by atoms with Crippen molar-refractivity contribution in [2.45, 2.75) is 51.6 Å². The molecule has 0 saturated heterocycles. The van der Waals surface area contributed by atoms with Crippen molar-refractivity contribution in [3.63, 3.8) is 0 Å². The van der Waals surface area contributed by atoms with Gasteiger partial charge in [0.1, 0.15) is 5.82 Å². The van der Waals surface area contributed by atoms with E-state index < -0.39 is 0 Å². The number of fused-ring (bicyclic) bond motifs is 1. The Morgan fingerprint density at radius 3 is 2.85 bits per heavy atom. The molecule has 0 bridgehead atoms. The maximum atomic E-state index is 4.87. The highest BCUT2D eigenvalue weighted by Gasteiger charge is 2.26. The zero-order valence-electron chi connectivity index (χ0n) is 12.6. The van der Waals surface area contributed by atoms with E-state index in [1.165, 1.54) is 30.6 Å². The third-order valence-electron chi connectivity index (χ3n) is 4.33. The molecule has 20 heavy (non-hydrogen) atoms. The van der Waals surface area contributed by atoms with Gasteiger partial charge in [0.05, 0.1) is 11.0 Å². The van der Waals surface area contributed by atoms with E-state index in [-0.39, 0.29) is 0 Å². The summed E-state index contributed by atoms with van der Waals surface area (Å²) in [5, 5.41) is 3.48. The molecule has 0 spiro atoms. The number of nitrogens with one attached hydrogen (secondary N) is 1. The molecule has 1 aliphatic carbocycles. The number of benzene rings is 1. The average molecular weight is 271 g/mol. The van der Waals surface area contributed by atoms with Gasteiger partial charge in [-0.3, -0.25) is 0 Å². The van der Waals surface area contributed by atoms with Gasteiger partial charge in [0.2, 0.25) is 0 Å². The van der Waals surface area contributed by atoms with Crippen molar-refractivity contribution in [3.8, 4) is 0 Å². The Hall–Kier alpha value is -1.35. The van der Waals surface area contributed by atoms with Crippen LogP contribution in [0.5, 0.6) is 0 Å². The van der Waals surface area contributed by atoms with Crippen LogP contribution in [-0.2, 0) is 13.0 Å². The molecule has 3 rings (SSSR count). The number of likely N-dealkylation sites (N-methyl/N-ethyl adjacent to an activating group) is 1. The summed E-state index contributed by atoms with van der Waals surface area (Å²) < 4.78 is 2.41. The lowest BCUT2D eigenvalue weighted by Gasteiger charge is -2.16. The minimum Gasteiger partial charge on any atom is -0.328 e. The quantitative estimate of drug-likeness (QED) is 0.836. The smallest absolute Gasteiger partial charge is 0.111 e. The molecule has 3 heteroatoms. The van der Waals surface area contributed by atoms with Crippen LogP contribution in [0, 0.1) is 5.92 Å². The lowest BCUT2D eigenvalue weighted by Crippen LogP contribution is -2.29. The predicted molar refractivity (Wildman–Crippen MR) is 83.9 cm³/mol. The highest BCUT2D eigenvalue weighted by Crippen LogP contribution is 2.34. The highest BCUT2D eigenvalue weighted by atomic mass is 15.1. The van der Waals surface area contributed by atoms with Crippen LogP contribution in [0.15, 0.2) is 24.3 Å². The molecule has 1 aromatic heterocycles. The van der Waals surface area contributed by atoms with E-state index in [0.717, 1.165) is 30.8 Å². The van der Waals surface area contributed by atoms with Crippen molar-refractivity contribution in [2.75, 3.05) is 7.05 Å². The number of aryl methyl sites for hydroxylation is 1. The van der Waals surface area contributed by atoms with E-state index >= 15 is 0 Å². The first-order valence-corrected chi connectivity index (χ1v) is 7.93. The van der Waals surface area contributed by atoms with Crippen molar-refractivity contribution >= 4 is 11.0 Å². The zero-order chi connectivity index (χ0) is 13.9. The second-order valence-corrected chi connectivity index (χ2v) is 6.04. The summed E-state index contributed by atoms with van der Waals surface area (Å²) in [6, 6.07) is 9.07. The molecule has 3 nitrogen and oxygen atoms in total. The third kappa shape index (κ3) is 2.88. The van der Waals surface area contributed by atoms with E-state index in [1.54, 1.807) is 0 Å². The number of hydrogen-bond acceptors (Lipinski definition) is 2. The maximum Gasteiger partial charge on any atom is 0.111 e. The van der Waals surface area contributed by atoms with Crippen LogP contribution >= 0.6 is 0 Å². The van der Waals surface area contributed by atoms with E-state index in [4.69, 9.17) is 4.98 Å². The molecule has 1 atom stereocenters. The van der Waals surface area contributed by atoms with Crippen LogP contribution in [0.3, 0.4) is 0 Å². The fourth-order valence-corrected chi connectivity index (χ4v) is 3.03. The van der Waals surface area contributed by atoms with Crippen LogP contribution in [-0.4, -0.2) is 22.6 Å². The number of nitrogens with zero attached hydrogens (tertiary/aromatic N) is 2. The number of imidazole rings is 1. The Morgan fingerprint density at radius 1 is 1.35 bits per heavy atom. The molecule has 1 fully saturated rings. The summed E-state index contributed by atoms with van der Waals surface area (Å²) >= 11 is 0. The van der Waals surface area contributed by atoms with Crippen LogP contribution in [0.25, 0.3) is 11.0 Å². The van der Waals surface area contributed by atoms with E-state index in [9.17, 15) is 0 Å². The van der Waals surface area contributed by atoms with Gasteiger partial charge in [-0.25, -0.2) is 4.98 Å². The van der Waals surface area contributed by atoms with Crippen molar-refractivity contribution in [3.05, 3.63) is 30.1 Å². The zero-order valence-corrected chi connectivity index (χ0v) is 12.6. The molecule has 1 aliphatic rings. The normalized spacial score (nSPS) is 16.7. The fourth-order valence-electron chi connectivity index (χ4n) is 3.03. The Kier molecular flexibility index (Phi) is 4.06. The summed E-state index contributed by atoms with van der Waals surface area (Å²) in [6.45, 7) is 3.30. The van der Waals surface area contributed by atoms with Gasteiger partial charge in [0.15, 0.2) is 0 Å². The second kappa shape index (κ2) is 5.96. The molecule has 0 amide bonds. The summed E-state index contributed by atoms with van der Waals surface area (Å²) in [6.07, 6.45) is 6.33. The Bertz CT molecular complexity index is 569. The van der Waals surface area contributed by atoms with Gasteiger partial charge in [-0.15, -0.1) is 0 Å². The van der Waals surface area contributed by atoms with Crippen molar-refractivity contribution < 1.29 is 0 Å². The topological polar surface area (TPSA) is 29.9 Å². The van der Waals surface area contributed by atoms with Gasteiger partial charge in [-0.05, 0) is 37.9 Å². The standard InChI is InChI=1S/C17H25N3/c1-3-10-20-16-7-5-4-6-15(16)19-17(20)12-14(18-2)11-13-8-9-13/h4-7,13-14,18H,3,8-12H2,1-2H3. The first-order valence-electron chi connectivity index (χ1n) is 7.93. The predicted octanol–water partition coefficient (Wildman–Crippen LogP) is 3.38. The van der Waals surface area contributed by atoms with Crippen LogP contribution < -0.4 is 5.32 Å². The summed E-state index contributed by atoms with van der Waals surface area (Å²) in [4.78, 5) is 4.87. The third-order valence-corrected chi connectivity index (χ3v) is 4.33. The number of aromatic nitrogens is 2. The van der Waals surface area contributed by atoms with E-state index in [0.29, 0.717) is 6.04 Å².